The van der Waals surface area contributed by atoms with Gasteiger partial charge in [0, 0.05) is 6.20 Å². The molecule has 0 aliphatic carbocycles. The molecule has 1 saturated heterocycles. The first-order chi connectivity index (χ1) is 13.6. The molecular formula is C18H15F3N4O2S2. The molecule has 3 rings (SSSR count). The van der Waals surface area contributed by atoms with Crippen LogP contribution >= 0.6 is 23.1 Å². The number of carbonyl (C=O) groups is 2. The van der Waals surface area contributed by atoms with Gasteiger partial charge in [0.05, 0.1) is 15.5 Å². The van der Waals surface area contributed by atoms with Gasteiger partial charge >= 0.3 is 6.18 Å². The molecule has 11 heteroatoms. The Morgan fingerprint density at radius 3 is 2.79 bits per heavy atom. The van der Waals surface area contributed by atoms with E-state index in [4.69, 9.17) is 0 Å². The number of thioether (sulfide) groups is 1. The zero-order chi connectivity index (χ0) is 21.2. The highest BCUT2D eigenvalue weighted by atomic mass is 32.2. The Morgan fingerprint density at radius 1 is 1.34 bits per heavy atom. The van der Waals surface area contributed by atoms with Gasteiger partial charge in [0.1, 0.15) is 6.42 Å². The zero-order valence-electron chi connectivity index (χ0n) is 15.3. The molecule has 1 fully saturated rings. The van der Waals surface area contributed by atoms with Crippen molar-refractivity contribution in [2.24, 2.45) is 4.99 Å². The average Bonchev–Trinajstić information content (AvgIpc) is 3.15. The lowest BCUT2D eigenvalue weighted by molar-refractivity contribution is -0.150. The Labute approximate surface area is 172 Å². The normalized spacial score (nSPS) is 17.1. The van der Waals surface area contributed by atoms with Gasteiger partial charge in [-0.15, -0.1) is 0 Å². The maximum atomic E-state index is 12.2. The smallest absolute Gasteiger partial charge is 0.302 e. The molecule has 152 valence electrons. The van der Waals surface area contributed by atoms with Crippen LogP contribution in [0, 0.1) is 13.8 Å². The van der Waals surface area contributed by atoms with E-state index < -0.39 is 18.5 Å². The first-order valence-electron chi connectivity index (χ1n) is 8.28. The molecular weight excluding hydrogens is 425 g/mol. The highest BCUT2D eigenvalue weighted by Crippen LogP contribution is 2.31. The lowest BCUT2D eigenvalue weighted by atomic mass is 10.1. The number of thiazole rings is 1. The number of anilines is 1. The second kappa shape index (κ2) is 8.37. The number of hydrogen-bond donors (Lipinski definition) is 2. The third kappa shape index (κ3) is 5.91. The number of halogens is 3. The van der Waals surface area contributed by atoms with Crippen molar-refractivity contribution in [2.75, 3.05) is 5.32 Å². The van der Waals surface area contributed by atoms with Gasteiger partial charge in [-0.05, 0) is 43.3 Å². The van der Waals surface area contributed by atoms with Crippen molar-refractivity contribution >= 4 is 57.0 Å². The number of nitrogens with one attached hydrogen (secondary N) is 2. The van der Waals surface area contributed by atoms with Gasteiger partial charge in [0.2, 0.25) is 5.91 Å². The SMILES string of the molecule is Cc1ccc(N=C2NC(=O)C(=Cc3cnc(NC(=O)CC(F)(F)F)s3)S2)c(C)c1. The van der Waals surface area contributed by atoms with Crippen molar-refractivity contribution in [3.8, 4) is 0 Å². The lowest BCUT2D eigenvalue weighted by Gasteiger charge is -2.04. The van der Waals surface area contributed by atoms with Crippen LogP contribution in [0.25, 0.3) is 6.08 Å². The number of amides is 2. The molecule has 1 aromatic heterocycles. The fourth-order valence-corrected chi connectivity index (χ4v) is 4.08. The predicted octanol–water partition coefficient (Wildman–Crippen LogP) is 4.54. The summed E-state index contributed by atoms with van der Waals surface area (Å²) in [5.41, 5.74) is 2.83. The zero-order valence-corrected chi connectivity index (χ0v) is 16.9. The maximum Gasteiger partial charge on any atom is 0.397 e. The molecule has 1 aliphatic heterocycles. The Bertz CT molecular complexity index is 1030. The van der Waals surface area contributed by atoms with Crippen LogP contribution < -0.4 is 10.6 Å². The van der Waals surface area contributed by atoms with Crippen molar-refractivity contribution in [1.29, 1.82) is 0 Å². The number of rotatable bonds is 4. The van der Waals surface area contributed by atoms with Gasteiger partial charge in [0.15, 0.2) is 10.3 Å². The molecule has 0 bridgehead atoms. The number of aryl methyl sites for hydroxylation is 2. The van der Waals surface area contributed by atoms with Crippen LogP contribution in [0.2, 0.25) is 0 Å². The molecule has 2 heterocycles. The molecule has 0 radical (unpaired) electrons. The van der Waals surface area contributed by atoms with Crippen molar-refractivity contribution in [1.82, 2.24) is 10.3 Å². The lowest BCUT2D eigenvalue weighted by Crippen LogP contribution is -2.20. The quantitative estimate of drug-likeness (QED) is 0.684. The third-order valence-corrected chi connectivity index (χ3v) is 5.40. The standard InChI is InChI=1S/C18H15F3N4O2S2/c1-9-3-4-12(10(2)5-9)23-17-25-15(27)13(29-17)6-11-8-22-16(28-11)24-14(26)7-18(19,20)21/h3-6,8H,7H2,1-2H3,(H,22,24,26)(H,23,25,27). The van der Waals surface area contributed by atoms with Gasteiger partial charge in [-0.25, -0.2) is 9.98 Å². The number of amidine groups is 1. The number of aliphatic imine (C=N–C) groups is 1. The fraction of sp³-hybridized carbons (Fsp3) is 0.222. The largest absolute Gasteiger partial charge is 0.397 e. The number of benzene rings is 1. The van der Waals surface area contributed by atoms with Crippen LogP contribution in [0.5, 0.6) is 0 Å². The minimum atomic E-state index is -4.59. The minimum Gasteiger partial charge on any atom is -0.302 e. The van der Waals surface area contributed by atoms with E-state index in [1.807, 2.05) is 32.0 Å². The monoisotopic (exact) mass is 440 g/mol. The van der Waals surface area contributed by atoms with Gasteiger partial charge in [-0.2, -0.15) is 13.2 Å². The van der Waals surface area contributed by atoms with Crippen LogP contribution in [0.15, 0.2) is 34.3 Å². The molecule has 1 aliphatic rings. The van der Waals surface area contributed by atoms with Gasteiger partial charge in [-0.3, -0.25) is 9.59 Å². The maximum absolute atomic E-state index is 12.2. The number of hydrogen-bond acceptors (Lipinski definition) is 6. The van der Waals surface area contributed by atoms with Gasteiger partial charge in [-0.1, -0.05) is 29.0 Å². The second-order valence-corrected chi connectivity index (χ2v) is 8.27. The molecule has 0 atom stereocenters. The molecule has 6 nitrogen and oxygen atoms in total. The molecule has 29 heavy (non-hydrogen) atoms. The molecule has 0 unspecified atom stereocenters. The third-order valence-electron chi connectivity index (χ3n) is 3.63. The average molecular weight is 440 g/mol. The minimum absolute atomic E-state index is 0.0266. The van der Waals surface area contributed by atoms with Crippen LogP contribution in [0.4, 0.5) is 24.0 Å². The van der Waals surface area contributed by atoms with Crippen molar-refractivity contribution in [3.63, 3.8) is 0 Å². The van der Waals surface area contributed by atoms with Crippen molar-refractivity contribution < 1.29 is 22.8 Å². The summed E-state index contributed by atoms with van der Waals surface area (Å²) in [4.78, 5) is 32.7. The van der Waals surface area contributed by atoms with Crippen LogP contribution in [0.1, 0.15) is 22.4 Å². The summed E-state index contributed by atoms with van der Waals surface area (Å²) in [6.07, 6.45) is -3.26. The molecule has 2 N–H and O–H groups in total. The van der Waals surface area contributed by atoms with Crippen LogP contribution in [-0.4, -0.2) is 28.1 Å². The Hall–Kier alpha value is -2.66. The Balaban J connectivity index is 1.70. The van der Waals surface area contributed by atoms with Gasteiger partial charge < -0.3 is 10.6 Å². The molecule has 2 aromatic rings. The molecule has 0 saturated carbocycles. The number of aromatic nitrogens is 1. The van der Waals surface area contributed by atoms with E-state index >= 15 is 0 Å². The van der Waals surface area contributed by atoms with E-state index in [2.05, 4.69) is 20.6 Å². The predicted molar refractivity (Wildman–Crippen MR) is 108 cm³/mol. The van der Waals surface area contributed by atoms with Crippen LogP contribution in [0.3, 0.4) is 0 Å². The molecule has 1 aromatic carbocycles. The highest BCUT2D eigenvalue weighted by Gasteiger charge is 2.31. The summed E-state index contributed by atoms with van der Waals surface area (Å²) in [6.45, 7) is 3.90. The number of alkyl halides is 3. The summed E-state index contributed by atoms with van der Waals surface area (Å²) in [6, 6.07) is 5.78. The second-order valence-electron chi connectivity index (χ2n) is 6.18. The Kier molecular flexibility index (Phi) is 6.08. The number of carbonyl (C=O) groups excluding carboxylic acids is 2. The fourth-order valence-electron chi connectivity index (χ4n) is 2.41. The molecule has 0 spiro atoms. The van der Waals surface area contributed by atoms with Crippen molar-refractivity contribution in [3.05, 3.63) is 45.3 Å². The summed E-state index contributed by atoms with van der Waals surface area (Å²) >= 11 is 2.11. The van der Waals surface area contributed by atoms with Crippen molar-refractivity contribution in [2.45, 2.75) is 26.4 Å². The van der Waals surface area contributed by atoms with Gasteiger partial charge in [0.25, 0.3) is 5.91 Å². The van der Waals surface area contributed by atoms with E-state index in [9.17, 15) is 22.8 Å². The van der Waals surface area contributed by atoms with E-state index in [0.717, 1.165) is 39.9 Å². The summed E-state index contributed by atoms with van der Waals surface area (Å²) in [5.74, 6) is -1.53. The first kappa shape index (κ1) is 21.1. The topological polar surface area (TPSA) is 83.4 Å². The van der Waals surface area contributed by atoms with E-state index in [-0.39, 0.29) is 11.0 Å². The first-order valence-corrected chi connectivity index (χ1v) is 9.91. The summed E-state index contributed by atoms with van der Waals surface area (Å²) in [7, 11) is 0. The van der Waals surface area contributed by atoms with E-state index in [0.29, 0.717) is 14.9 Å². The van der Waals surface area contributed by atoms with Crippen LogP contribution in [-0.2, 0) is 9.59 Å². The van der Waals surface area contributed by atoms with E-state index in [1.165, 1.54) is 6.20 Å². The summed E-state index contributed by atoms with van der Waals surface area (Å²) < 4.78 is 36.7. The van der Waals surface area contributed by atoms with E-state index in [1.54, 1.807) is 6.08 Å². The Morgan fingerprint density at radius 2 is 2.10 bits per heavy atom. The number of nitrogens with zero attached hydrogens (tertiary/aromatic N) is 2. The highest BCUT2D eigenvalue weighted by molar-refractivity contribution is 8.18. The summed E-state index contributed by atoms with van der Waals surface area (Å²) in [5, 5.41) is 5.22. The molecule has 2 amide bonds.